The average Bonchev–Trinajstić information content (AvgIpc) is 2.38. The van der Waals surface area contributed by atoms with Gasteiger partial charge in [0.2, 0.25) is 0 Å². The van der Waals surface area contributed by atoms with Crippen molar-refractivity contribution in [1.29, 1.82) is 0 Å². The number of aromatic nitrogens is 1. The van der Waals surface area contributed by atoms with E-state index in [1.807, 2.05) is 12.1 Å². The van der Waals surface area contributed by atoms with E-state index < -0.39 is 5.97 Å². The molecule has 18 heavy (non-hydrogen) atoms. The molecule has 0 aromatic carbocycles. The molecule has 2 heterocycles. The monoisotopic (exact) mass is 256 g/mol. The van der Waals surface area contributed by atoms with E-state index in [-0.39, 0.29) is 35.5 Å². The van der Waals surface area contributed by atoms with Crippen molar-refractivity contribution in [3.05, 3.63) is 30.1 Å². The predicted octanol–water partition coefficient (Wildman–Crippen LogP) is -2.91. The fraction of sp³-hybridized carbons (Fsp3) is 0.538. The molecule has 0 saturated carbocycles. The van der Waals surface area contributed by atoms with Crippen molar-refractivity contribution in [3.63, 3.8) is 0 Å². The van der Waals surface area contributed by atoms with Crippen LogP contribution in [0, 0.1) is 5.92 Å². The Morgan fingerprint density at radius 3 is 2.83 bits per heavy atom. The molecule has 1 aromatic rings. The van der Waals surface area contributed by atoms with Crippen molar-refractivity contribution in [3.8, 4) is 0 Å². The SMILES string of the molecule is O=C([O-])C1CCCN(CCc2ccncc2)C1.[Na+]. The van der Waals surface area contributed by atoms with Crippen LogP contribution in [0.1, 0.15) is 18.4 Å². The fourth-order valence-electron chi connectivity index (χ4n) is 2.29. The average molecular weight is 256 g/mol. The summed E-state index contributed by atoms with van der Waals surface area (Å²) in [6.45, 7) is 2.54. The summed E-state index contributed by atoms with van der Waals surface area (Å²) in [4.78, 5) is 17.0. The van der Waals surface area contributed by atoms with Crippen LogP contribution >= 0.6 is 0 Å². The molecular weight excluding hydrogens is 239 g/mol. The Kier molecular flexibility index (Phi) is 6.86. The summed E-state index contributed by atoms with van der Waals surface area (Å²) in [5, 5.41) is 10.8. The van der Waals surface area contributed by atoms with Gasteiger partial charge in [-0.1, -0.05) is 0 Å². The first kappa shape index (κ1) is 15.6. The molecular formula is C13H17N2NaO2. The summed E-state index contributed by atoms with van der Waals surface area (Å²) < 4.78 is 0. The first-order chi connectivity index (χ1) is 8.25. The van der Waals surface area contributed by atoms with E-state index in [9.17, 15) is 9.90 Å². The van der Waals surface area contributed by atoms with Gasteiger partial charge in [-0.05, 0) is 43.5 Å². The second-order valence-corrected chi connectivity index (χ2v) is 4.56. The van der Waals surface area contributed by atoms with Crippen LogP contribution in [-0.4, -0.2) is 35.5 Å². The van der Waals surface area contributed by atoms with Gasteiger partial charge in [-0.25, -0.2) is 0 Å². The van der Waals surface area contributed by atoms with Gasteiger partial charge in [0, 0.05) is 37.4 Å². The van der Waals surface area contributed by atoms with Crippen molar-refractivity contribution in [2.45, 2.75) is 19.3 Å². The zero-order valence-corrected chi connectivity index (χ0v) is 12.8. The Bertz CT molecular complexity index is 373. The van der Waals surface area contributed by atoms with Gasteiger partial charge >= 0.3 is 29.6 Å². The number of carboxylic acid groups (broad SMARTS) is 1. The minimum absolute atomic E-state index is 0. The number of piperidine rings is 1. The number of pyridine rings is 1. The maximum absolute atomic E-state index is 10.8. The number of nitrogens with zero attached hydrogens (tertiary/aromatic N) is 2. The molecule has 2 rings (SSSR count). The molecule has 1 aliphatic rings. The zero-order chi connectivity index (χ0) is 12.1. The minimum atomic E-state index is -0.904. The molecule has 92 valence electrons. The molecule has 0 amide bonds. The van der Waals surface area contributed by atoms with Crippen LogP contribution < -0.4 is 34.7 Å². The summed E-state index contributed by atoms with van der Waals surface area (Å²) in [6, 6.07) is 4.00. The van der Waals surface area contributed by atoms with E-state index in [2.05, 4.69) is 9.88 Å². The number of carbonyl (C=O) groups excluding carboxylic acids is 1. The van der Waals surface area contributed by atoms with Gasteiger partial charge in [0.25, 0.3) is 0 Å². The van der Waals surface area contributed by atoms with E-state index in [0.717, 1.165) is 32.4 Å². The number of hydrogen-bond acceptors (Lipinski definition) is 4. The number of carbonyl (C=O) groups is 1. The van der Waals surface area contributed by atoms with E-state index in [0.29, 0.717) is 6.54 Å². The molecule has 0 bridgehead atoms. The van der Waals surface area contributed by atoms with Crippen LogP contribution in [0.5, 0.6) is 0 Å². The summed E-state index contributed by atoms with van der Waals surface area (Å²) in [5.41, 5.74) is 1.25. The predicted molar refractivity (Wildman–Crippen MR) is 62.1 cm³/mol. The number of carboxylic acids is 1. The zero-order valence-electron chi connectivity index (χ0n) is 10.8. The quantitative estimate of drug-likeness (QED) is 0.542. The van der Waals surface area contributed by atoms with Crippen LogP contribution in [0.3, 0.4) is 0 Å². The van der Waals surface area contributed by atoms with E-state index in [1.54, 1.807) is 12.4 Å². The Balaban J connectivity index is 0.00000162. The maximum Gasteiger partial charge on any atom is 1.00 e. The molecule has 4 nitrogen and oxygen atoms in total. The molecule has 1 saturated heterocycles. The van der Waals surface area contributed by atoms with Crippen LogP contribution in [0.15, 0.2) is 24.5 Å². The van der Waals surface area contributed by atoms with Gasteiger partial charge < -0.3 is 14.8 Å². The normalized spacial score (nSPS) is 20.1. The topological polar surface area (TPSA) is 56.3 Å². The van der Waals surface area contributed by atoms with Crippen LogP contribution in [0.4, 0.5) is 0 Å². The Morgan fingerprint density at radius 1 is 1.44 bits per heavy atom. The van der Waals surface area contributed by atoms with Gasteiger partial charge in [-0.3, -0.25) is 4.98 Å². The molecule has 0 radical (unpaired) electrons. The van der Waals surface area contributed by atoms with E-state index >= 15 is 0 Å². The van der Waals surface area contributed by atoms with Gasteiger partial charge in [-0.2, -0.15) is 0 Å². The molecule has 0 aliphatic carbocycles. The third-order valence-corrected chi connectivity index (χ3v) is 3.30. The minimum Gasteiger partial charge on any atom is -0.550 e. The number of rotatable bonds is 4. The first-order valence-corrected chi connectivity index (χ1v) is 6.08. The summed E-state index contributed by atoms with van der Waals surface area (Å²) in [7, 11) is 0. The molecule has 0 N–H and O–H groups in total. The van der Waals surface area contributed by atoms with Crippen molar-refractivity contribution in [2.24, 2.45) is 5.92 Å². The number of aliphatic carboxylic acids is 1. The van der Waals surface area contributed by atoms with Crippen molar-refractivity contribution in [2.75, 3.05) is 19.6 Å². The smallest absolute Gasteiger partial charge is 0.550 e. The Hall–Kier alpha value is -0.420. The van der Waals surface area contributed by atoms with Gasteiger partial charge in [0.05, 0.1) is 0 Å². The van der Waals surface area contributed by atoms with Crippen molar-refractivity contribution >= 4 is 5.97 Å². The second kappa shape index (κ2) is 7.89. The van der Waals surface area contributed by atoms with Gasteiger partial charge in [0.1, 0.15) is 0 Å². The molecule has 1 aliphatic heterocycles. The molecule has 5 heteroatoms. The summed E-state index contributed by atoms with van der Waals surface area (Å²) in [5.74, 6) is -1.19. The molecule has 1 aromatic heterocycles. The fourth-order valence-corrected chi connectivity index (χ4v) is 2.29. The van der Waals surface area contributed by atoms with E-state index in [4.69, 9.17) is 0 Å². The van der Waals surface area contributed by atoms with Crippen LogP contribution in [0.2, 0.25) is 0 Å². The van der Waals surface area contributed by atoms with Crippen LogP contribution in [0.25, 0.3) is 0 Å². The molecule has 1 unspecified atom stereocenters. The van der Waals surface area contributed by atoms with Gasteiger partial charge in [-0.15, -0.1) is 0 Å². The first-order valence-electron chi connectivity index (χ1n) is 6.08. The third-order valence-electron chi connectivity index (χ3n) is 3.30. The Morgan fingerprint density at radius 2 is 2.17 bits per heavy atom. The van der Waals surface area contributed by atoms with Crippen LogP contribution in [-0.2, 0) is 11.2 Å². The van der Waals surface area contributed by atoms with Crippen molar-refractivity contribution < 1.29 is 39.5 Å². The standard InChI is InChI=1S/C13H18N2O2.Na/c16-13(17)12-2-1-8-15(10-12)9-5-11-3-6-14-7-4-11;/h3-4,6-7,12H,1-2,5,8-10H2,(H,16,17);/q;+1/p-1. The molecule has 1 atom stereocenters. The van der Waals surface area contributed by atoms with Crippen molar-refractivity contribution in [1.82, 2.24) is 9.88 Å². The summed E-state index contributed by atoms with van der Waals surface area (Å²) in [6.07, 6.45) is 6.23. The van der Waals surface area contributed by atoms with E-state index in [1.165, 1.54) is 5.56 Å². The largest absolute Gasteiger partial charge is 1.00 e. The third kappa shape index (κ3) is 4.69. The Labute approximate surface area is 130 Å². The molecule has 0 spiro atoms. The number of hydrogen-bond donors (Lipinski definition) is 0. The summed E-state index contributed by atoms with van der Waals surface area (Å²) >= 11 is 0. The second-order valence-electron chi connectivity index (χ2n) is 4.56. The number of likely N-dealkylation sites (tertiary alicyclic amines) is 1. The molecule has 1 fully saturated rings. The maximum atomic E-state index is 10.8. The van der Waals surface area contributed by atoms with Gasteiger partial charge in [0.15, 0.2) is 0 Å².